The Morgan fingerprint density at radius 3 is 2.52 bits per heavy atom. The highest BCUT2D eigenvalue weighted by molar-refractivity contribution is 5.94. The molecule has 0 bridgehead atoms. The molecule has 0 radical (unpaired) electrons. The second kappa shape index (κ2) is 7.20. The summed E-state index contributed by atoms with van der Waals surface area (Å²) in [7, 11) is 1.96. The van der Waals surface area contributed by atoms with Crippen LogP contribution < -0.4 is 5.73 Å². The van der Waals surface area contributed by atoms with Crippen LogP contribution in [0, 0.1) is 5.92 Å². The Balaban J connectivity index is 0.00000192. The zero-order valence-corrected chi connectivity index (χ0v) is 14.4. The zero-order valence-electron chi connectivity index (χ0n) is 13.6. The molecule has 2 aromatic rings. The van der Waals surface area contributed by atoms with Gasteiger partial charge in [0, 0.05) is 25.3 Å². The first-order valence-corrected chi connectivity index (χ1v) is 7.84. The summed E-state index contributed by atoms with van der Waals surface area (Å²) in [5.74, 6) is 0.529. The summed E-state index contributed by atoms with van der Waals surface area (Å²) in [4.78, 5) is 14.8. The number of carbonyl (C=O) groups excluding carboxylic acids is 1. The Morgan fingerprint density at radius 1 is 1.22 bits per heavy atom. The molecule has 0 aliphatic carbocycles. The molecule has 0 saturated carbocycles. The highest BCUT2D eigenvalue weighted by Crippen LogP contribution is 2.26. The van der Waals surface area contributed by atoms with Gasteiger partial charge in [0.1, 0.15) is 5.69 Å². The molecule has 2 heterocycles. The summed E-state index contributed by atoms with van der Waals surface area (Å²) in [6.45, 7) is 3.52. The minimum Gasteiger partial charge on any atom is -0.340 e. The molecule has 23 heavy (non-hydrogen) atoms. The van der Waals surface area contributed by atoms with Crippen LogP contribution in [0.1, 0.15) is 23.8 Å². The first-order valence-electron chi connectivity index (χ1n) is 7.84. The maximum atomic E-state index is 12.8. The largest absolute Gasteiger partial charge is 0.340 e. The van der Waals surface area contributed by atoms with Gasteiger partial charge in [-0.05, 0) is 43.5 Å². The van der Waals surface area contributed by atoms with Crippen molar-refractivity contribution in [3.05, 3.63) is 48.2 Å². The molecule has 1 aliphatic rings. The normalized spacial score (nSPS) is 20.4. The molecule has 1 aliphatic heterocycles. The summed E-state index contributed by atoms with van der Waals surface area (Å²) in [5.41, 5.74) is 8.69. The van der Waals surface area contributed by atoms with Crippen LogP contribution in [-0.2, 0) is 7.05 Å². The van der Waals surface area contributed by atoms with Crippen LogP contribution in [0.4, 0.5) is 0 Å². The van der Waals surface area contributed by atoms with Crippen LogP contribution in [-0.4, -0.2) is 34.5 Å². The predicted molar refractivity (Wildman–Crippen MR) is 95.8 cm³/mol. The van der Waals surface area contributed by atoms with Gasteiger partial charge in [-0.15, -0.1) is 12.4 Å². The Hall–Kier alpha value is -1.78. The smallest absolute Gasteiger partial charge is 0.270 e. The summed E-state index contributed by atoms with van der Waals surface area (Å²) in [6, 6.07) is 14.3. The minimum atomic E-state index is 0. The molecule has 2 atom stereocenters. The molecule has 2 N–H and O–H groups in total. The first-order chi connectivity index (χ1) is 10.6. The van der Waals surface area contributed by atoms with Crippen molar-refractivity contribution in [1.82, 2.24) is 9.47 Å². The number of nitrogens with zero attached hydrogens (tertiary/aromatic N) is 2. The molecule has 1 fully saturated rings. The van der Waals surface area contributed by atoms with Crippen LogP contribution in [0.25, 0.3) is 11.3 Å². The first kappa shape index (κ1) is 17.6. The highest BCUT2D eigenvalue weighted by Gasteiger charge is 2.33. The Kier molecular flexibility index (Phi) is 5.50. The van der Waals surface area contributed by atoms with Gasteiger partial charge >= 0.3 is 0 Å². The lowest BCUT2D eigenvalue weighted by molar-refractivity contribution is 0.0734. The van der Waals surface area contributed by atoms with E-state index in [1.165, 1.54) is 0 Å². The number of halogens is 1. The number of nitrogens with two attached hydrogens (primary N) is 1. The van der Waals surface area contributed by atoms with Gasteiger partial charge in [-0.25, -0.2) is 0 Å². The third kappa shape index (κ3) is 3.28. The molecule has 1 aromatic heterocycles. The maximum absolute atomic E-state index is 12.8. The average Bonchev–Trinajstić information content (AvgIpc) is 3.10. The summed E-state index contributed by atoms with van der Waals surface area (Å²) < 4.78 is 1.99. The minimum absolute atomic E-state index is 0. The van der Waals surface area contributed by atoms with Crippen molar-refractivity contribution in [2.75, 3.05) is 13.1 Å². The van der Waals surface area contributed by atoms with E-state index in [0.717, 1.165) is 29.9 Å². The van der Waals surface area contributed by atoms with Gasteiger partial charge in [0.25, 0.3) is 5.91 Å². The van der Waals surface area contributed by atoms with Gasteiger partial charge in [-0.1, -0.05) is 30.3 Å². The van der Waals surface area contributed by atoms with E-state index in [0.29, 0.717) is 12.5 Å². The molecular formula is C18H24ClN3O. The van der Waals surface area contributed by atoms with Gasteiger partial charge in [-0.3, -0.25) is 4.79 Å². The van der Waals surface area contributed by atoms with Crippen molar-refractivity contribution in [3.63, 3.8) is 0 Å². The summed E-state index contributed by atoms with van der Waals surface area (Å²) in [6.07, 6.45) is 0.998. The van der Waals surface area contributed by atoms with Crippen molar-refractivity contribution in [3.8, 4) is 11.3 Å². The molecule has 1 amide bonds. The molecule has 124 valence electrons. The van der Waals surface area contributed by atoms with E-state index >= 15 is 0 Å². The van der Waals surface area contributed by atoms with Gasteiger partial charge in [0.15, 0.2) is 0 Å². The van der Waals surface area contributed by atoms with Crippen LogP contribution >= 0.6 is 12.4 Å². The van der Waals surface area contributed by atoms with E-state index in [1.807, 2.05) is 46.8 Å². The highest BCUT2D eigenvalue weighted by atomic mass is 35.5. The number of amides is 1. The van der Waals surface area contributed by atoms with Gasteiger partial charge in [0.2, 0.25) is 0 Å². The lowest BCUT2D eigenvalue weighted by atomic mass is 10.1. The fraction of sp³-hybridized carbons (Fsp3) is 0.389. The SMILES string of the molecule is CC1CC(CN)CN1C(=O)c1ccc(-c2ccccc2)n1C.Cl. The Labute approximate surface area is 143 Å². The molecule has 2 unspecified atom stereocenters. The Morgan fingerprint density at radius 2 is 1.91 bits per heavy atom. The van der Waals surface area contributed by atoms with E-state index in [2.05, 4.69) is 19.1 Å². The van der Waals surface area contributed by atoms with E-state index in [4.69, 9.17) is 5.73 Å². The average molecular weight is 334 g/mol. The predicted octanol–water partition coefficient (Wildman–Crippen LogP) is 2.92. The van der Waals surface area contributed by atoms with Crippen LogP contribution in [0.5, 0.6) is 0 Å². The molecule has 1 aromatic carbocycles. The van der Waals surface area contributed by atoms with E-state index in [9.17, 15) is 4.79 Å². The number of carbonyl (C=O) groups is 1. The van der Waals surface area contributed by atoms with Crippen molar-refractivity contribution in [1.29, 1.82) is 0 Å². The second-order valence-electron chi connectivity index (χ2n) is 6.17. The lowest BCUT2D eigenvalue weighted by Gasteiger charge is -2.22. The topological polar surface area (TPSA) is 51.3 Å². The summed E-state index contributed by atoms with van der Waals surface area (Å²) in [5, 5.41) is 0. The molecule has 3 rings (SSSR count). The number of rotatable bonds is 3. The molecule has 5 heteroatoms. The molecule has 0 spiro atoms. The summed E-state index contributed by atoms with van der Waals surface area (Å²) >= 11 is 0. The van der Waals surface area contributed by atoms with Gasteiger partial charge in [-0.2, -0.15) is 0 Å². The van der Waals surface area contributed by atoms with Crippen molar-refractivity contribution in [2.45, 2.75) is 19.4 Å². The number of likely N-dealkylation sites (tertiary alicyclic amines) is 1. The molecule has 1 saturated heterocycles. The van der Waals surface area contributed by atoms with Crippen molar-refractivity contribution in [2.24, 2.45) is 18.7 Å². The van der Waals surface area contributed by atoms with E-state index in [-0.39, 0.29) is 24.4 Å². The quantitative estimate of drug-likeness (QED) is 0.939. The van der Waals surface area contributed by atoms with E-state index in [1.54, 1.807) is 0 Å². The maximum Gasteiger partial charge on any atom is 0.270 e. The van der Waals surface area contributed by atoms with E-state index < -0.39 is 0 Å². The van der Waals surface area contributed by atoms with Crippen molar-refractivity contribution < 1.29 is 4.79 Å². The monoisotopic (exact) mass is 333 g/mol. The Bertz CT molecular complexity index is 668. The van der Waals surface area contributed by atoms with Crippen LogP contribution in [0.3, 0.4) is 0 Å². The fourth-order valence-corrected chi connectivity index (χ4v) is 3.37. The second-order valence-corrected chi connectivity index (χ2v) is 6.17. The number of hydrogen-bond donors (Lipinski definition) is 1. The third-order valence-electron chi connectivity index (χ3n) is 4.67. The van der Waals surface area contributed by atoms with Crippen LogP contribution in [0.2, 0.25) is 0 Å². The van der Waals surface area contributed by atoms with Crippen LogP contribution in [0.15, 0.2) is 42.5 Å². The van der Waals surface area contributed by atoms with Gasteiger partial charge < -0.3 is 15.2 Å². The molecular weight excluding hydrogens is 310 g/mol. The fourth-order valence-electron chi connectivity index (χ4n) is 3.37. The lowest BCUT2D eigenvalue weighted by Crippen LogP contribution is -2.35. The van der Waals surface area contributed by atoms with Crippen molar-refractivity contribution >= 4 is 18.3 Å². The number of aromatic nitrogens is 1. The third-order valence-corrected chi connectivity index (χ3v) is 4.67. The van der Waals surface area contributed by atoms with Gasteiger partial charge in [0.05, 0.1) is 0 Å². The molecule has 4 nitrogen and oxygen atoms in total. The zero-order chi connectivity index (χ0) is 15.7. The number of hydrogen-bond acceptors (Lipinski definition) is 2. The number of benzene rings is 1. The standard InChI is InChI=1S/C18H23N3O.ClH/c1-13-10-14(11-19)12-21(13)18(22)17-9-8-16(20(17)2)15-6-4-3-5-7-15;/h3-9,13-14H,10-12,19H2,1-2H3;1H.